The monoisotopic (exact) mass is 1160 g/mol. The van der Waals surface area contributed by atoms with Gasteiger partial charge in [0, 0.05) is 79.2 Å². The zero-order valence-electron chi connectivity index (χ0n) is 51.3. The SMILES string of the molecule is COCCOCCOCCOCCNC(=O)O[C@@H]1CC[C@@H](C[C@@H](C)[C@@H]2C[C@@H](OC)[C@H](C)/C=C(\C)[C@@H](O)[C@@H](OC)C(=O)C(C)C[C@H](C)/C=C/C=C/C=C(\C)[C@@H](OC)C[C@@H]3CC[C@@H](C)[C@@](O)(O3)C(=O)C(=O)N3CCCC[C@H]3C(=O)O2)C[C@H]1OC. The molecule has 0 spiro atoms. The number of ether oxygens (including phenoxy) is 11. The molecule has 3 N–H and O–H groups in total. The number of methoxy groups -OCH3 is 5. The fourth-order valence-electron chi connectivity index (χ4n) is 11.8. The van der Waals surface area contributed by atoms with Crippen molar-refractivity contribution in [2.75, 3.05) is 94.9 Å². The number of aliphatic hydroxyl groups excluding tert-OH is 1. The highest BCUT2D eigenvalue weighted by atomic mass is 16.6. The molecule has 4 aliphatic rings. The normalized spacial score (nSPS) is 35.3. The lowest BCUT2D eigenvalue weighted by Gasteiger charge is -2.43. The topological polar surface area (TPSA) is 243 Å². The van der Waals surface area contributed by atoms with Gasteiger partial charge < -0.3 is 72.5 Å². The summed E-state index contributed by atoms with van der Waals surface area (Å²) in [5.41, 5.74) is 1.39. The van der Waals surface area contributed by atoms with Gasteiger partial charge in [0.2, 0.25) is 5.79 Å². The third-order valence-electron chi connectivity index (χ3n) is 16.9. The molecule has 0 radical (unpaired) electrons. The predicted octanol–water partition coefficient (Wildman–Crippen LogP) is 7.06. The number of fused-ring (bicyclic) bond motifs is 3. The second-order valence-corrected chi connectivity index (χ2v) is 23.1. The molecule has 82 heavy (non-hydrogen) atoms. The zero-order valence-corrected chi connectivity index (χ0v) is 51.3. The van der Waals surface area contributed by atoms with E-state index in [4.69, 9.17) is 52.1 Å². The highest BCUT2D eigenvalue weighted by Crippen LogP contribution is 2.38. The van der Waals surface area contributed by atoms with E-state index in [-0.39, 0.29) is 62.0 Å². The molecule has 2 saturated heterocycles. The van der Waals surface area contributed by atoms with Crippen molar-refractivity contribution >= 4 is 29.5 Å². The molecule has 2 amide bonds. The summed E-state index contributed by atoms with van der Waals surface area (Å²) in [5.74, 6) is -7.15. The summed E-state index contributed by atoms with van der Waals surface area (Å²) in [6, 6.07) is -1.12. The van der Waals surface area contributed by atoms with Crippen molar-refractivity contribution in [1.29, 1.82) is 0 Å². The number of piperidine rings is 1. The lowest BCUT2D eigenvalue weighted by Crippen LogP contribution is -2.61. The predicted molar refractivity (Wildman–Crippen MR) is 308 cm³/mol. The molecule has 20 nitrogen and oxygen atoms in total. The molecule has 1 unspecified atom stereocenters. The van der Waals surface area contributed by atoms with Crippen LogP contribution in [0.1, 0.15) is 126 Å². The number of allylic oxidation sites excluding steroid dienone is 5. The molecule has 0 aromatic heterocycles. The number of esters is 1. The van der Waals surface area contributed by atoms with Gasteiger partial charge in [0.1, 0.15) is 30.5 Å². The number of carbonyl (C=O) groups excluding carboxylic acids is 5. The van der Waals surface area contributed by atoms with Crippen LogP contribution in [0.25, 0.3) is 0 Å². The van der Waals surface area contributed by atoms with Gasteiger partial charge in [-0.05, 0) is 107 Å². The maximum Gasteiger partial charge on any atom is 0.407 e. The Labute approximate surface area is 488 Å². The highest BCUT2D eigenvalue weighted by molar-refractivity contribution is 6.39. The van der Waals surface area contributed by atoms with E-state index in [1.54, 1.807) is 42.3 Å². The number of Topliss-reactive ketones (excluding diaryl/α,β-unsaturated/α-hetero) is 2. The van der Waals surface area contributed by atoms with Crippen molar-refractivity contribution in [1.82, 2.24) is 10.2 Å². The second kappa shape index (κ2) is 36.8. The van der Waals surface area contributed by atoms with Crippen LogP contribution in [0.15, 0.2) is 47.6 Å². The van der Waals surface area contributed by atoms with Crippen molar-refractivity contribution in [3.05, 3.63) is 47.6 Å². The lowest BCUT2D eigenvalue weighted by atomic mass is 9.78. The minimum absolute atomic E-state index is 0.0239. The minimum atomic E-state index is -2.44. The summed E-state index contributed by atoms with van der Waals surface area (Å²) in [7, 11) is 7.78. The number of amides is 2. The Kier molecular flexibility index (Phi) is 31.7. The first-order chi connectivity index (χ1) is 39.2. The Morgan fingerprint density at radius 2 is 1.44 bits per heavy atom. The van der Waals surface area contributed by atoms with Gasteiger partial charge >= 0.3 is 12.1 Å². The van der Waals surface area contributed by atoms with Gasteiger partial charge in [0.25, 0.3) is 11.7 Å². The lowest BCUT2D eigenvalue weighted by molar-refractivity contribution is -0.265. The summed E-state index contributed by atoms with van der Waals surface area (Å²) in [5, 5.41) is 26.6. The Morgan fingerprint density at radius 3 is 2.10 bits per heavy atom. The van der Waals surface area contributed by atoms with Crippen LogP contribution < -0.4 is 5.32 Å². The van der Waals surface area contributed by atoms with Crippen LogP contribution in [-0.2, 0) is 71.3 Å². The molecular formula is C62H102N2O18. The molecule has 468 valence electrons. The molecule has 2 bridgehead atoms. The quantitative estimate of drug-likeness (QED) is 0.0478. The fourth-order valence-corrected chi connectivity index (χ4v) is 11.8. The van der Waals surface area contributed by atoms with Crippen molar-refractivity contribution in [2.24, 2.45) is 35.5 Å². The van der Waals surface area contributed by atoms with E-state index in [0.717, 1.165) is 5.57 Å². The molecule has 3 heterocycles. The van der Waals surface area contributed by atoms with Gasteiger partial charge in [-0.2, -0.15) is 0 Å². The smallest absolute Gasteiger partial charge is 0.407 e. The first-order valence-corrected chi connectivity index (χ1v) is 29.9. The van der Waals surface area contributed by atoms with Crippen molar-refractivity contribution < 1.29 is 86.3 Å². The van der Waals surface area contributed by atoms with Crippen LogP contribution in [0, 0.1) is 35.5 Å². The number of hydrogen-bond acceptors (Lipinski definition) is 18. The number of carbonyl (C=O) groups is 5. The summed E-state index contributed by atoms with van der Waals surface area (Å²) < 4.78 is 63.7. The van der Waals surface area contributed by atoms with Crippen LogP contribution in [-0.4, -0.2) is 200 Å². The largest absolute Gasteiger partial charge is 0.460 e. The van der Waals surface area contributed by atoms with Crippen LogP contribution in [0.2, 0.25) is 0 Å². The average molecular weight is 1160 g/mol. The van der Waals surface area contributed by atoms with Gasteiger partial charge in [-0.3, -0.25) is 14.4 Å². The number of ketones is 2. The van der Waals surface area contributed by atoms with Crippen LogP contribution in [0.5, 0.6) is 0 Å². The summed E-state index contributed by atoms with van der Waals surface area (Å²) in [6.07, 6.45) is 11.0. The van der Waals surface area contributed by atoms with E-state index < -0.39 is 96.2 Å². The molecule has 16 atom stereocenters. The summed E-state index contributed by atoms with van der Waals surface area (Å²) in [4.78, 5) is 71.8. The number of hydrogen-bond donors (Lipinski definition) is 3. The second-order valence-electron chi connectivity index (χ2n) is 23.1. The van der Waals surface area contributed by atoms with Gasteiger partial charge in [0.15, 0.2) is 5.78 Å². The molecule has 1 saturated carbocycles. The molecule has 20 heteroatoms. The molecule has 3 fully saturated rings. The number of alkyl carbamates (subject to hydrolysis) is 1. The number of nitrogens with zero attached hydrogens (tertiary/aromatic N) is 1. The van der Waals surface area contributed by atoms with Crippen LogP contribution in [0.3, 0.4) is 0 Å². The van der Waals surface area contributed by atoms with E-state index >= 15 is 0 Å². The molecule has 3 aliphatic heterocycles. The third-order valence-corrected chi connectivity index (χ3v) is 16.9. The average Bonchev–Trinajstić information content (AvgIpc) is 3.47. The van der Waals surface area contributed by atoms with Crippen LogP contribution >= 0.6 is 0 Å². The maximum atomic E-state index is 14.8. The van der Waals surface area contributed by atoms with Gasteiger partial charge in [-0.15, -0.1) is 0 Å². The van der Waals surface area contributed by atoms with Crippen LogP contribution in [0.4, 0.5) is 4.79 Å². The molecule has 0 aromatic carbocycles. The molecule has 1 aliphatic carbocycles. The van der Waals surface area contributed by atoms with Gasteiger partial charge in [0.05, 0.1) is 70.7 Å². The Bertz CT molecular complexity index is 2080. The zero-order chi connectivity index (χ0) is 60.4. The maximum absolute atomic E-state index is 14.8. The Hall–Kier alpha value is -3.93. The number of aliphatic hydroxyl groups is 2. The summed E-state index contributed by atoms with van der Waals surface area (Å²) >= 11 is 0. The van der Waals surface area contributed by atoms with Gasteiger partial charge in [-0.1, -0.05) is 71.1 Å². The number of nitrogens with one attached hydrogen (secondary N) is 1. The Morgan fingerprint density at radius 1 is 0.756 bits per heavy atom. The van der Waals surface area contributed by atoms with Crippen molar-refractivity contribution in [3.8, 4) is 0 Å². The van der Waals surface area contributed by atoms with E-state index in [9.17, 15) is 34.2 Å². The van der Waals surface area contributed by atoms with Crippen molar-refractivity contribution in [3.63, 3.8) is 0 Å². The third kappa shape index (κ3) is 21.9. The van der Waals surface area contributed by atoms with E-state index in [2.05, 4.69) is 5.32 Å². The minimum Gasteiger partial charge on any atom is -0.460 e. The number of cyclic esters (lactones) is 1. The number of rotatable bonds is 20. The fraction of sp³-hybridized carbons (Fsp3) is 0.790. The molecule has 0 aromatic rings. The Balaban J connectivity index is 1.57. The summed E-state index contributed by atoms with van der Waals surface area (Å²) in [6.45, 7) is 16.5. The standard InChI is InChI=1S/C62H102N2O18/c1-40-18-14-13-15-19-41(2)51(73-9)38-48-23-21-46(7)62(71,82-48)58(67)59(68)64-26-17-16-20-49(64)60(69)80-53(39-52(74-10)42(3)35-45(6)56(66)57(76-12)55(65)44(5)34-40)43(4)36-47-22-24-50(54(37-47)75-11)81-61(70)63-25-27-77-30-31-79-33-32-78-29-28-72-8/h13-15,18-19,35,40,42-44,46-54,56-57,66,71H,16-17,20-34,36-39H2,1-12H3,(H,63,70)/b15-13+,18-14+,41-19+,45-35+/t40-,42-,43-,44?,46-,47+,48+,49+,50-,51+,52-,53+,54-,56-,57+,62-/m1/s1. The molecular weight excluding hydrogens is 1060 g/mol. The highest BCUT2D eigenvalue weighted by Gasteiger charge is 2.53. The van der Waals surface area contributed by atoms with E-state index in [0.29, 0.717) is 109 Å². The first kappa shape index (κ1) is 70.6. The van der Waals surface area contributed by atoms with Gasteiger partial charge in [-0.25, -0.2) is 9.59 Å². The molecule has 4 rings (SSSR count). The van der Waals surface area contributed by atoms with E-state index in [1.165, 1.54) is 12.0 Å². The first-order valence-electron chi connectivity index (χ1n) is 29.9. The van der Waals surface area contributed by atoms with Crippen molar-refractivity contribution in [2.45, 2.75) is 186 Å². The van der Waals surface area contributed by atoms with E-state index in [1.807, 2.05) is 71.1 Å².